The van der Waals surface area contributed by atoms with Gasteiger partial charge < -0.3 is 0 Å². The predicted octanol–water partition coefficient (Wildman–Crippen LogP) is 1.80. The van der Waals surface area contributed by atoms with Crippen molar-refractivity contribution in [3.63, 3.8) is 0 Å². The van der Waals surface area contributed by atoms with Crippen molar-refractivity contribution >= 4 is 7.80 Å². The van der Waals surface area contributed by atoms with E-state index in [9.17, 15) is 0 Å². The third-order valence-electron chi connectivity index (χ3n) is 1.89. The van der Waals surface area contributed by atoms with Crippen molar-refractivity contribution in [1.82, 2.24) is 0 Å². The van der Waals surface area contributed by atoms with Crippen molar-refractivity contribution in [1.29, 1.82) is 0 Å². The van der Waals surface area contributed by atoms with Crippen LogP contribution in [0, 0.1) is 5.41 Å². The van der Waals surface area contributed by atoms with Gasteiger partial charge in [0.05, 0.1) is 0 Å². The van der Waals surface area contributed by atoms with Gasteiger partial charge in [-0.25, -0.2) is 0 Å². The van der Waals surface area contributed by atoms with E-state index in [0.29, 0.717) is 5.41 Å². The molecule has 0 aromatic heterocycles. The van der Waals surface area contributed by atoms with Crippen LogP contribution in [0.15, 0.2) is 11.6 Å². The summed E-state index contributed by atoms with van der Waals surface area (Å²) in [7, 11) is 0. The van der Waals surface area contributed by atoms with Crippen LogP contribution in [0.4, 0.5) is 0 Å². The molecule has 0 saturated heterocycles. The molecule has 0 heterocycles. The van der Waals surface area contributed by atoms with Crippen molar-refractivity contribution in [2.45, 2.75) is 27.2 Å². The van der Waals surface area contributed by atoms with E-state index in [4.69, 9.17) is 0 Å². The molecule has 1 rings (SSSR count). The minimum absolute atomic E-state index is 0.387. The van der Waals surface area contributed by atoms with Gasteiger partial charge in [0.15, 0.2) is 0 Å². The van der Waals surface area contributed by atoms with Gasteiger partial charge in [0.2, 0.25) is 0 Å². The van der Waals surface area contributed by atoms with E-state index in [0.717, 1.165) is 0 Å². The Morgan fingerprint density at radius 2 is 1.82 bits per heavy atom. The molecule has 0 saturated carbocycles. The van der Waals surface area contributed by atoms with E-state index in [1.807, 2.05) is 0 Å². The first-order valence-corrected chi connectivity index (χ1v) is 6.63. The first-order chi connectivity index (χ1) is 4.91. The third-order valence-corrected chi connectivity index (χ3v) is 6.53. The van der Waals surface area contributed by atoms with Crippen molar-refractivity contribution in [2.24, 2.45) is 5.41 Å². The van der Waals surface area contributed by atoms with Crippen LogP contribution in [-0.2, 0) is 38.7 Å². The molecule has 0 nitrogen and oxygen atoms in total. The molecular formula is C9H12W2. The quantitative estimate of drug-likeness (QED) is 0.489. The fourth-order valence-electron chi connectivity index (χ4n) is 1.03. The van der Waals surface area contributed by atoms with Crippen molar-refractivity contribution in [3.8, 4) is 0 Å². The molecule has 0 aromatic carbocycles. The second kappa shape index (κ2) is 3.31. The van der Waals surface area contributed by atoms with Crippen LogP contribution in [0.2, 0.25) is 0 Å². The summed E-state index contributed by atoms with van der Waals surface area (Å²) in [6.45, 7) is 6.90. The molecule has 0 N–H and O–H groups in total. The van der Waals surface area contributed by atoms with Gasteiger partial charge in [0, 0.05) is 0 Å². The average molecular weight is 488 g/mol. The Kier molecular flexibility index (Phi) is 2.99. The van der Waals surface area contributed by atoms with Crippen LogP contribution in [0.3, 0.4) is 0 Å². The topological polar surface area (TPSA) is 0 Å². The molecule has 0 radical (unpaired) electrons. The molecule has 2 heteroatoms. The van der Waals surface area contributed by atoms with Crippen LogP contribution in [-0.4, -0.2) is 7.80 Å². The van der Waals surface area contributed by atoms with E-state index >= 15 is 0 Å². The Morgan fingerprint density at radius 1 is 1.27 bits per heavy atom. The summed E-state index contributed by atoms with van der Waals surface area (Å²) in [5.74, 6) is 0. The van der Waals surface area contributed by atoms with Gasteiger partial charge in [0.1, 0.15) is 0 Å². The Morgan fingerprint density at radius 3 is 2.00 bits per heavy atom. The molecule has 1 aliphatic carbocycles. The molecule has 0 amide bonds. The molecule has 60 valence electrons. The molecule has 0 aliphatic heterocycles. The van der Waals surface area contributed by atoms with Crippen molar-refractivity contribution < 1.29 is 38.7 Å². The summed E-state index contributed by atoms with van der Waals surface area (Å²) < 4.78 is 3.25. The SMILES string of the molecule is CC(C)(C)C1=C[C](=[W])[C](=[W])C1. The summed E-state index contributed by atoms with van der Waals surface area (Å²) in [4.78, 5) is 0. The summed E-state index contributed by atoms with van der Waals surface area (Å²) in [5, 5.41) is 0. The second-order valence-corrected chi connectivity index (χ2v) is 7.23. The van der Waals surface area contributed by atoms with Gasteiger partial charge in [-0.05, 0) is 0 Å². The van der Waals surface area contributed by atoms with Gasteiger partial charge in [0.25, 0.3) is 0 Å². The van der Waals surface area contributed by atoms with Gasteiger partial charge in [-0.1, -0.05) is 0 Å². The number of allylic oxidation sites excluding steroid dienone is 2. The Hall–Kier alpha value is 0.857. The van der Waals surface area contributed by atoms with Gasteiger partial charge in [-0.3, -0.25) is 0 Å². The Labute approximate surface area is 90.3 Å². The molecule has 1 aliphatic rings. The fraction of sp³-hybridized carbons (Fsp3) is 0.556. The third kappa shape index (κ3) is 2.39. The number of hydrogen-bond acceptors (Lipinski definition) is 0. The zero-order chi connectivity index (χ0) is 8.65. The van der Waals surface area contributed by atoms with Crippen LogP contribution in [0.25, 0.3) is 0 Å². The van der Waals surface area contributed by atoms with Crippen LogP contribution in [0.1, 0.15) is 27.2 Å². The van der Waals surface area contributed by atoms with Gasteiger partial charge in [-0.2, -0.15) is 0 Å². The maximum absolute atomic E-state index is 2.40. The van der Waals surface area contributed by atoms with Crippen LogP contribution >= 0.6 is 0 Å². The summed E-state index contributed by atoms with van der Waals surface area (Å²) in [6, 6.07) is 0. The monoisotopic (exact) mass is 488 g/mol. The molecule has 0 aromatic rings. The molecule has 0 unspecified atom stereocenters. The summed E-state index contributed by atoms with van der Waals surface area (Å²) in [5.41, 5.74) is 2.00. The number of rotatable bonds is 0. The van der Waals surface area contributed by atoms with Crippen LogP contribution < -0.4 is 0 Å². The Bertz CT molecular complexity index is 241. The number of hydrogen-bond donors (Lipinski definition) is 0. The first kappa shape index (κ1) is 9.94. The zero-order valence-electron chi connectivity index (χ0n) is 7.10. The molecule has 0 atom stereocenters. The van der Waals surface area contributed by atoms with Crippen molar-refractivity contribution in [3.05, 3.63) is 11.6 Å². The van der Waals surface area contributed by atoms with E-state index in [1.165, 1.54) is 6.42 Å². The molecule has 11 heavy (non-hydrogen) atoms. The van der Waals surface area contributed by atoms with E-state index < -0.39 is 0 Å². The summed E-state index contributed by atoms with van der Waals surface area (Å²) >= 11 is 3.28. The molecule has 0 spiro atoms. The fourth-order valence-corrected chi connectivity index (χ4v) is 2.57. The maximum atomic E-state index is 2.40. The van der Waals surface area contributed by atoms with E-state index in [-0.39, 0.29) is 0 Å². The van der Waals surface area contributed by atoms with Gasteiger partial charge >= 0.3 is 90.8 Å². The normalized spacial score (nSPS) is 19.0. The average Bonchev–Trinajstić information content (AvgIpc) is 2.11. The molecule has 0 fully saturated rings. The van der Waals surface area contributed by atoms with Crippen molar-refractivity contribution in [2.75, 3.05) is 0 Å². The first-order valence-electron chi connectivity index (χ1n) is 3.69. The predicted molar refractivity (Wildman–Crippen MR) is 42.2 cm³/mol. The molecule has 0 bridgehead atoms. The molecular weight excluding hydrogens is 476 g/mol. The summed E-state index contributed by atoms with van der Waals surface area (Å²) in [6.07, 6.45) is 3.65. The van der Waals surface area contributed by atoms with E-state index in [2.05, 4.69) is 26.8 Å². The van der Waals surface area contributed by atoms with Crippen LogP contribution in [0.5, 0.6) is 0 Å². The Balaban J connectivity index is 2.88. The minimum atomic E-state index is 0.387. The van der Waals surface area contributed by atoms with E-state index in [1.54, 1.807) is 52.1 Å². The van der Waals surface area contributed by atoms with Gasteiger partial charge in [-0.15, -0.1) is 0 Å². The zero-order valence-corrected chi connectivity index (χ0v) is 13.0. The second-order valence-electron chi connectivity index (χ2n) is 3.88. The standard InChI is InChI=1S/C9H12.2W/c1-9(2,3)8-6-4-5-7-8;;/h6H,7H2,1-3H3;;.